The molecule has 2 N–H and O–H groups in total. The standard InChI is InChI=1S/C27H21FN4O3S/c1-2-23(25(33)32-27-31-22(15-36-27)16-8-11-19(28)12-9-16)35-26(34)18-10-13-20-21(14-18)30-24(29-20)17-6-4-3-5-7-17/h3-15,23H,2H2,1H3,(H,29,30)(H,31,32,33). The van der Waals surface area contributed by atoms with Gasteiger partial charge < -0.3 is 9.72 Å². The minimum atomic E-state index is -0.993. The number of carbonyl (C=O) groups is 2. The summed E-state index contributed by atoms with van der Waals surface area (Å²) in [5, 5.41) is 4.83. The summed E-state index contributed by atoms with van der Waals surface area (Å²) in [5.41, 5.74) is 4.00. The van der Waals surface area contributed by atoms with E-state index in [1.807, 2.05) is 30.3 Å². The zero-order valence-corrected chi connectivity index (χ0v) is 20.0. The summed E-state index contributed by atoms with van der Waals surface area (Å²) >= 11 is 1.23. The van der Waals surface area contributed by atoms with Crippen LogP contribution in [0.4, 0.5) is 9.52 Å². The summed E-state index contributed by atoms with van der Waals surface area (Å²) in [6, 6.07) is 20.6. The van der Waals surface area contributed by atoms with Crippen LogP contribution in [0.2, 0.25) is 0 Å². The van der Waals surface area contributed by atoms with Crippen LogP contribution < -0.4 is 5.32 Å². The first kappa shape index (κ1) is 23.4. The third-order valence-corrected chi connectivity index (χ3v) is 6.31. The van der Waals surface area contributed by atoms with Gasteiger partial charge in [-0.15, -0.1) is 11.3 Å². The number of esters is 1. The van der Waals surface area contributed by atoms with E-state index in [4.69, 9.17) is 4.74 Å². The first-order valence-corrected chi connectivity index (χ1v) is 12.2. The summed E-state index contributed by atoms with van der Waals surface area (Å²) in [6.45, 7) is 1.76. The van der Waals surface area contributed by atoms with Crippen LogP contribution >= 0.6 is 11.3 Å². The van der Waals surface area contributed by atoms with E-state index in [1.54, 1.807) is 42.6 Å². The van der Waals surface area contributed by atoms with E-state index in [9.17, 15) is 14.0 Å². The predicted octanol–water partition coefficient (Wildman–Crippen LogP) is 6.07. The summed E-state index contributed by atoms with van der Waals surface area (Å²) in [7, 11) is 0. The summed E-state index contributed by atoms with van der Waals surface area (Å²) in [6.07, 6.45) is -0.703. The van der Waals surface area contributed by atoms with Crippen LogP contribution in [0.1, 0.15) is 23.7 Å². The monoisotopic (exact) mass is 500 g/mol. The van der Waals surface area contributed by atoms with Crippen molar-refractivity contribution in [2.45, 2.75) is 19.4 Å². The van der Waals surface area contributed by atoms with Gasteiger partial charge in [0.05, 0.1) is 22.3 Å². The van der Waals surface area contributed by atoms with E-state index in [1.165, 1.54) is 23.5 Å². The Hall–Kier alpha value is -4.37. The maximum atomic E-state index is 13.2. The van der Waals surface area contributed by atoms with Crippen LogP contribution in [0, 0.1) is 5.82 Å². The van der Waals surface area contributed by atoms with Crippen LogP contribution in [-0.2, 0) is 9.53 Å². The molecule has 7 nitrogen and oxygen atoms in total. The fourth-order valence-corrected chi connectivity index (χ4v) is 4.38. The van der Waals surface area contributed by atoms with Crippen LogP contribution in [0.25, 0.3) is 33.7 Å². The number of H-pyrrole nitrogens is 1. The second-order valence-electron chi connectivity index (χ2n) is 8.02. The summed E-state index contributed by atoms with van der Waals surface area (Å²) in [5.74, 6) is -0.718. The van der Waals surface area contributed by atoms with Crippen molar-refractivity contribution in [3.8, 4) is 22.6 Å². The molecule has 2 heterocycles. The first-order chi connectivity index (χ1) is 17.5. The largest absolute Gasteiger partial charge is 0.449 e. The van der Waals surface area contributed by atoms with E-state index in [-0.39, 0.29) is 12.2 Å². The maximum absolute atomic E-state index is 13.2. The van der Waals surface area contributed by atoms with E-state index in [0.717, 1.165) is 16.6 Å². The number of imidazole rings is 1. The van der Waals surface area contributed by atoms with Gasteiger partial charge in [-0.3, -0.25) is 10.1 Å². The molecular weight excluding hydrogens is 479 g/mol. The number of aromatic nitrogens is 3. The maximum Gasteiger partial charge on any atom is 0.338 e. The Kier molecular flexibility index (Phi) is 6.55. The lowest BCUT2D eigenvalue weighted by Crippen LogP contribution is -2.32. The molecule has 0 spiro atoms. The van der Waals surface area contributed by atoms with Crippen LogP contribution in [0.5, 0.6) is 0 Å². The lowest BCUT2D eigenvalue weighted by atomic mass is 10.2. The fourth-order valence-electron chi connectivity index (χ4n) is 3.66. The van der Waals surface area contributed by atoms with Crippen molar-refractivity contribution in [1.29, 1.82) is 0 Å². The molecule has 0 fully saturated rings. The average Bonchev–Trinajstić information content (AvgIpc) is 3.54. The van der Waals surface area contributed by atoms with E-state index >= 15 is 0 Å². The van der Waals surface area contributed by atoms with Crippen LogP contribution in [0.3, 0.4) is 0 Å². The van der Waals surface area contributed by atoms with Crippen molar-refractivity contribution >= 4 is 39.4 Å². The van der Waals surface area contributed by atoms with Crippen molar-refractivity contribution in [3.63, 3.8) is 0 Å². The normalized spacial score (nSPS) is 11.8. The number of carbonyl (C=O) groups excluding carboxylic acids is 2. The molecule has 1 unspecified atom stereocenters. The van der Waals surface area contributed by atoms with Crippen molar-refractivity contribution in [3.05, 3.63) is 89.6 Å². The number of halogens is 1. The molecule has 2 aromatic heterocycles. The topological polar surface area (TPSA) is 97.0 Å². The van der Waals surface area contributed by atoms with Gasteiger partial charge in [0.1, 0.15) is 11.6 Å². The molecule has 36 heavy (non-hydrogen) atoms. The van der Waals surface area contributed by atoms with Crippen molar-refractivity contribution in [1.82, 2.24) is 15.0 Å². The molecule has 5 rings (SSSR count). The SMILES string of the molecule is CCC(OC(=O)c1ccc2nc(-c3ccccc3)[nH]c2c1)C(=O)Nc1nc(-c2ccc(F)cc2)cs1. The van der Waals surface area contributed by atoms with Gasteiger partial charge in [-0.2, -0.15) is 0 Å². The number of hydrogen-bond donors (Lipinski definition) is 2. The Balaban J connectivity index is 1.26. The molecule has 5 aromatic rings. The molecule has 3 aromatic carbocycles. The van der Waals surface area contributed by atoms with Crippen molar-refractivity contribution in [2.75, 3.05) is 5.32 Å². The highest BCUT2D eigenvalue weighted by atomic mass is 32.1. The third-order valence-electron chi connectivity index (χ3n) is 5.55. The molecule has 0 bridgehead atoms. The van der Waals surface area contributed by atoms with Crippen molar-refractivity contribution < 1.29 is 18.7 Å². The molecule has 1 amide bonds. The van der Waals surface area contributed by atoms with Gasteiger partial charge in [0.15, 0.2) is 11.2 Å². The van der Waals surface area contributed by atoms with Crippen molar-refractivity contribution in [2.24, 2.45) is 0 Å². The van der Waals surface area contributed by atoms with E-state index in [2.05, 4.69) is 20.3 Å². The fraction of sp³-hybridized carbons (Fsp3) is 0.111. The molecule has 0 saturated carbocycles. The molecular formula is C27H21FN4O3S. The number of hydrogen-bond acceptors (Lipinski definition) is 6. The van der Waals surface area contributed by atoms with Gasteiger partial charge in [0, 0.05) is 16.5 Å². The molecule has 180 valence electrons. The lowest BCUT2D eigenvalue weighted by molar-refractivity contribution is -0.124. The number of nitrogens with zero attached hydrogens (tertiary/aromatic N) is 2. The highest BCUT2D eigenvalue weighted by Gasteiger charge is 2.23. The lowest BCUT2D eigenvalue weighted by Gasteiger charge is -2.15. The second-order valence-corrected chi connectivity index (χ2v) is 8.88. The van der Waals surface area contributed by atoms with Gasteiger partial charge >= 0.3 is 5.97 Å². The number of thiazole rings is 1. The Labute approximate surface area is 210 Å². The molecule has 0 radical (unpaired) electrons. The number of amides is 1. The molecule has 9 heteroatoms. The Morgan fingerprint density at radius 3 is 2.56 bits per heavy atom. The number of fused-ring (bicyclic) bond motifs is 1. The second kappa shape index (κ2) is 10.1. The highest BCUT2D eigenvalue weighted by Crippen LogP contribution is 2.26. The molecule has 0 aliphatic rings. The van der Waals surface area contributed by atoms with E-state index < -0.39 is 18.0 Å². The Morgan fingerprint density at radius 1 is 1.03 bits per heavy atom. The summed E-state index contributed by atoms with van der Waals surface area (Å²) in [4.78, 5) is 37.8. The number of benzene rings is 3. The predicted molar refractivity (Wildman–Crippen MR) is 137 cm³/mol. The number of anilines is 1. The van der Waals surface area contributed by atoms with Gasteiger partial charge in [-0.05, 0) is 48.9 Å². The molecule has 0 aliphatic carbocycles. The van der Waals surface area contributed by atoms with Crippen LogP contribution in [-0.4, -0.2) is 32.9 Å². The summed E-state index contributed by atoms with van der Waals surface area (Å²) < 4.78 is 18.7. The van der Waals surface area contributed by atoms with Gasteiger partial charge in [0.25, 0.3) is 5.91 Å². The molecule has 0 saturated heterocycles. The zero-order valence-electron chi connectivity index (χ0n) is 19.2. The minimum absolute atomic E-state index is 0.290. The molecule has 0 aliphatic heterocycles. The Bertz CT molecular complexity index is 1530. The van der Waals surface area contributed by atoms with E-state index in [0.29, 0.717) is 27.7 Å². The zero-order chi connectivity index (χ0) is 25.1. The quantitative estimate of drug-likeness (QED) is 0.265. The van der Waals surface area contributed by atoms with Gasteiger partial charge in [-0.1, -0.05) is 37.3 Å². The van der Waals surface area contributed by atoms with Gasteiger partial charge in [-0.25, -0.2) is 19.2 Å². The minimum Gasteiger partial charge on any atom is -0.449 e. The highest BCUT2D eigenvalue weighted by molar-refractivity contribution is 7.14. The Morgan fingerprint density at radius 2 is 1.81 bits per heavy atom. The molecule has 1 atom stereocenters. The number of ether oxygens (including phenoxy) is 1. The number of aromatic amines is 1. The smallest absolute Gasteiger partial charge is 0.338 e. The average molecular weight is 501 g/mol. The number of nitrogens with one attached hydrogen (secondary N) is 2. The first-order valence-electron chi connectivity index (χ1n) is 11.3. The third kappa shape index (κ3) is 5.01. The van der Waals surface area contributed by atoms with Gasteiger partial charge in [0.2, 0.25) is 0 Å². The number of rotatable bonds is 7. The van der Waals surface area contributed by atoms with Crippen LogP contribution in [0.15, 0.2) is 78.2 Å².